The molecule has 1 amide bonds. The summed E-state index contributed by atoms with van der Waals surface area (Å²) in [4.78, 5) is 12.0. The van der Waals surface area contributed by atoms with Gasteiger partial charge in [0.15, 0.2) is 6.10 Å². The van der Waals surface area contributed by atoms with Crippen molar-refractivity contribution in [2.45, 2.75) is 20.0 Å². The molecule has 2 rings (SSSR count). The molecule has 1 atom stereocenters. The highest BCUT2D eigenvalue weighted by molar-refractivity contribution is 5.94. The van der Waals surface area contributed by atoms with Crippen molar-refractivity contribution in [1.29, 1.82) is 0 Å². The normalized spacial score (nSPS) is 11.8. The Balaban J connectivity index is 1.98. The number of rotatable bonds is 4. The number of anilines is 1. The van der Waals surface area contributed by atoms with Gasteiger partial charge in [-0.25, -0.2) is 4.39 Å². The summed E-state index contributed by atoms with van der Waals surface area (Å²) in [5.74, 6) is -0.0842. The third-order valence-corrected chi connectivity index (χ3v) is 2.76. The van der Waals surface area contributed by atoms with Crippen molar-refractivity contribution in [3.8, 4) is 5.75 Å². The lowest BCUT2D eigenvalue weighted by atomic mass is 10.2. The van der Waals surface area contributed by atoms with E-state index < -0.39 is 11.9 Å². The van der Waals surface area contributed by atoms with Gasteiger partial charge >= 0.3 is 0 Å². The number of aryl methyl sites for hydroxylation is 1. The number of hydrogen-bond donors (Lipinski definition) is 1. The molecule has 3 nitrogen and oxygen atoms in total. The van der Waals surface area contributed by atoms with Crippen LogP contribution in [0.25, 0.3) is 0 Å². The molecule has 1 N–H and O–H groups in total. The molecule has 0 bridgehead atoms. The maximum atomic E-state index is 13.0. The molecule has 0 aromatic heterocycles. The molecule has 20 heavy (non-hydrogen) atoms. The minimum absolute atomic E-state index is 0.322. The van der Waals surface area contributed by atoms with Crippen molar-refractivity contribution in [1.82, 2.24) is 0 Å². The van der Waals surface area contributed by atoms with Crippen LogP contribution < -0.4 is 10.1 Å². The van der Waals surface area contributed by atoms with Crippen molar-refractivity contribution in [3.63, 3.8) is 0 Å². The molecule has 4 heteroatoms. The molecule has 2 aromatic carbocycles. The lowest BCUT2D eigenvalue weighted by molar-refractivity contribution is -0.122. The van der Waals surface area contributed by atoms with Gasteiger partial charge in [0.2, 0.25) is 0 Å². The smallest absolute Gasteiger partial charge is 0.265 e. The van der Waals surface area contributed by atoms with E-state index in [1.807, 2.05) is 25.1 Å². The summed E-state index contributed by atoms with van der Waals surface area (Å²) in [6.07, 6.45) is -0.667. The molecule has 0 saturated carbocycles. The zero-order chi connectivity index (χ0) is 14.5. The van der Waals surface area contributed by atoms with Gasteiger partial charge in [-0.3, -0.25) is 4.79 Å². The summed E-state index contributed by atoms with van der Waals surface area (Å²) in [7, 11) is 0. The van der Waals surface area contributed by atoms with E-state index in [9.17, 15) is 9.18 Å². The molecule has 0 fully saturated rings. The van der Waals surface area contributed by atoms with Crippen LogP contribution in [0.4, 0.5) is 10.1 Å². The fourth-order valence-electron chi connectivity index (χ4n) is 1.76. The molecule has 0 aliphatic heterocycles. The first kappa shape index (κ1) is 14.1. The van der Waals surface area contributed by atoms with Gasteiger partial charge in [-0.05, 0) is 49.7 Å². The second kappa shape index (κ2) is 6.19. The quantitative estimate of drug-likeness (QED) is 0.925. The molecular formula is C16H16FNO2. The van der Waals surface area contributed by atoms with Gasteiger partial charge in [0.1, 0.15) is 11.6 Å². The maximum Gasteiger partial charge on any atom is 0.265 e. The molecule has 0 spiro atoms. The summed E-state index contributed by atoms with van der Waals surface area (Å²) in [5.41, 5.74) is 1.47. The van der Waals surface area contributed by atoms with Crippen LogP contribution in [0.2, 0.25) is 0 Å². The van der Waals surface area contributed by atoms with Gasteiger partial charge in [-0.15, -0.1) is 0 Å². The van der Waals surface area contributed by atoms with Crippen LogP contribution in [0.3, 0.4) is 0 Å². The minimum atomic E-state index is -0.667. The number of hydrogen-bond acceptors (Lipinski definition) is 2. The highest BCUT2D eigenvalue weighted by Gasteiger charge is 2.15. The predicted octanol–water partition coefficient (Wildman–Crippen LogP) is 3.54. The Morgan fingerprint density at radius 2 is 1.95 bits per heavy atom. The highest BCUT2D eigenvalue weighted by atomic mass is 19.1. The molecule has 0 aliphatic rings. The van der Waals surface area contributed by atoms with E-state index in [1.165, 1.54) is 18.2 Å². The Bertz CT molecular complexity index is 613. The van der Waals surface area contributed by atoms with Crippen LogP contribution >= 0.6 is 0 Å². The van der Waals surface area contributed by atoms with Crippen LogP contribution in [0.15, 0.2) is 48.5 Å². The van der Waals surface area contributed by atoms with Gasteiger partial charge in [-0.2, -0.15) is 0 Å². The summed E-state index contributed by atoms with van der Waals surface area (Å²) in [6.45, 7) is 3.60. The first-order valence-electron chi connectivity index (χ1n) is 6.34. The lowest BCUT2D eigenvalue weighted by Gasteiger charge is -2.15. The number of benzene rings is 2. The van der Waals surface area contributed by atoms with Gasteiger partial charge in [0.05, 0.1) is 0 Å². The predicted molar refractivity (Wildman–Crippen MR) is 76.3 cm³/mol. The fourth-order valence-corrected chi connectivity index (χ4v) is 1.76. The highest BCUT2D eigenvalue weighted by Crippen LogP contribution is 2.15. The van der Waals surface area contributed by atoms with Crippen LogP contribution in [0.5, 0.6) is 5.75 Å². The Morgan fingerprint density at radius 1 is 1.20 bits per heavy atom. The molecule has 0 heterocycles. The summed E-state index contributed by atoms with van der Waals surface area (Å²) in [6, 6.07) is 13.2. The Morgan fingerprint density at radius 3 is 2.65 bits per heavy atom. The van der Waals surface area contributed by atoms with Crippen LogP contribution in [0.1, 0.15) is 12.5 Å². The van der Waals surface area contributed by atoms with Crippen molar-refractivity contribution in [2.75, 3.05) is 5.32 Å². The maximum absolute atomic E-state index is 13.0. The summed E-state index contributed by atoms with van der Waals surface area (Å²) < 4.78 is 18.6. The largest absolute Gasteiger partial charge is 0.481 e. The zero-order valence-electron chi connectivity index (χ0n) is 11.4. The van der Waals surface area contributed by atoms with Gasteiger partial charge < -0.3 is 10.1 Å². The Labute approximate surface area is 117 Å². The molecule has 2 aromatic rings. The fraction of sp³-hybridized carbons (Fsp3) is 0.188. The monoisotopic (exact) mass is 273 g/mol. The van der Waals surface area contributed by atoms with E-state index in [1.54, 1.807) is 19.1 Å². The average Bonchev–Trinajstić information content (AvgIpc) is 2.38. The Hall–Kier alpha value is -2.36. The number of carbonyl (C=O) groups excluding carboxylic acids is 1. The first-order valence-corrected chi connectivity index (χ1v) is 6.34. The Kier molecular flexibility index (Phi) is 4.35. The number of ether oxygens (including phenoxy) is 1. The third kappa shape index (κ3) is 3.82. The van der Waals surface area contributed by atoms with Gasteiger partial charge in [-0.1, -0.05) is 18.2 Å². The summed E-state index contributed by atoms with van der Waals surface area (Å²) >= 11 is 0. The van der Waals surface area contributed by atoms with E-state index in [0.29, 0.717) is 11.4 Å². The summed E-state index contributed by atoms with van der Waals surface area (Å²) in [5, 5.41) is 2.61. The molecule has 0 saturated heterocycles. The van der Waals surface area contributed by atoms with Crippen LogP contribution in [-0.2, 0) is 4.79 Å². The number of amides is 1. The number of halogens is 1. The first-order chi connectivity index (χ1) is 9.54. The van der Waals surface area contributed by atoms with Crippen molar-refractivity contribution >= 4 is 11.6 Å². The van der Waals surface area contributed by atoms with Crippen molar-refractivity contribution in [2.24, 2.45) is 0 Å². The van der Waals surface area contributed by atoms with Crippen molar-refractivity contribution in [3.05, 3.63) is 59.9 Å². The molecule has 0 radical (unpaired) electrons. The molecule has 104 valence electrons. The number of carbonyl (C=O) groups is 1. The zero-order valence-corrected chi connectivity index (χ0v) is 11.4. The SMILES string of the molecule is Cc1cccc(OC(C)C(=O)Nc2cccc(F)c2)c1. The standard InChI is InChI=1S/C16H16FNO2/c1-11-5-3-8-15(9-11)20-12(2)16(19)18-14-7-4-6-13(17)10-14/h3-10,12H,1-2H3,(H,18,19). The molecule has 0 aliphatic carbocycles. The van der Waals surface area contributed by atoms with Gasteiger partial charge in [0.25, 0.3) is 5.91 Å². The van der Waals surface area contributed by atoms with E-state index in [4.69, 9.17) is 4.74 Å². The van der Waals surface area contributed by atoms with E-state index in [2.05, 4.69) is 5.32 Å². The minimum Gasteiger partial charge on any atom is -0.481 e. The number of nitrogens with one attached hydrogen (secondary N) is 1. The van der Waals surface area contributed by atoms with Crippen LogP contribution in [-0.4, -0.2) is 12.0 Å². The lowest BCUT2D eigenvalue weighted by Crippen LogP contribution is -2.30. The topological polar surface area (TPSA) is 38.3 Å². The van der Waals surface area contributed by atoms with E-state index >= 15 is 0 Å². The average molecular weight is 273 g/mol. The van der Waals surface area contributed by atoms with E-state index in [0.717, 1.165) is 5.56 Å². The molecule has 1 unspecified atom stereocenters. The van der Waals surface area contributed by atoms with E-state index in [-0.39, 0.29) is 5.91 Å². The van der Waals surface area contributed by atoms with Crippen LogP contribution in [0, 0.1) is 12.7 Å². The second-order valence-electron chi connectivity index (χ2n) is 4.58. The van der Waals surface area contributed by atoms with Gasteiger partial charge in [0, 0.05) is 5.69 Å². The third-order valence-electron chi connectivity index (χ3n) is 2.76. The van der Waals surface area contributed by atoms with Crippen molar-refractivity contribution < 1.29 is 13.9 Å². The second-order valence-corrected chi connectivity index (χ2v) is 4.58. The molecular weight excluding hydrogens is 257 g/mol.